The highest BCUT2D eigenvalue weighted by Gasteiger charge is 2.25. The van der Waals surface area contributed by atoms with E-state index in [1.54, 1.807) is 17.8 Å². The minimum atomic E-state index is -1.20. The molecule has 286 valence electrons. The molecule has 17 heteroatoms. The monoisotopic (exact) mass is 734 g/mol. The number of likely N-dealkylation sites (N-methyl/N-ethyl adjacent to an activating group) is 1. The summed E-state index contributed by atoms with van der Waals surface area (Å²) in [5.41, 5.74) is 22.1. The maximum atomic E-state index is 13.3. The maximum absolute atomic E-state index is 13.3. The molecule has 0 fully saturated rings. The number of aryl methyl sites for hydroxylation is 2. The van der Waals surface area contributed by atoms with Crippen LogP contribution in [0, 0.1) is 0 Å². The van der Waals surface area contributed by atoms with E-state index in [1.165, 1.54) is 41.6 Å². The fraction of sp³-hybridized carbons (Fsp3) is 0.472. The summed E-state index contributed by atoms with van der Waals surface area (Å²) < 4.78 is 17.6. The lowest BCUT2D eigenvalue weighted by atomic mass is 10.1. The van der Waals surface area contributed by atoms with Crippen LogP contribution in [0.15, 0.2) is 46.6 Å². The van der Waals surface area contributed by atoms with Gasteiger partial charge in [0.25, 0.3) is 5.91 Å². The maximum Gasteiger partial charge on any atom is 0.329 e. The molecule has 0 bridgehead atoms. The highest BCUT2D eigenvalue weighted by atomic mass is 19.1. The summed E-state index contributed by atoms with van der Waals surface area (Å²) in [5, 5.41) is 12.9. The van der Waals surface area contributed by atoms with E-state index in [2.05, 4.69) is 26.0 Å². The second kappa shape index (κ2) is 19.4. The van der Waals surface area contributed by atoms with Crippen molar-refractivity contribution in [2.75, 3.05) is 39.0 Å². The first-order chi connectivity index (χ1) is 25.6. The standard InChI is InChI=1S/C36H51FN12O4/c1-23(37)19-45-35(52)30-22-44-33-31(40)27(21-46-49(30)33)25(18-39)20-43-26(12-14-38)13-16-42-15-5-4-8-24-9-6-10-28-32(24)47(3)36(53)48(28)29(11-7-17-50)34(51)41-2/h6,9-10,17-18,20-23,26,29,42H,4-5,7-8,11-16,19,38-40H2,1-3H3,(H,41,51)(H,45,52)/b25-18+,43-20?. The van der Waals surface area contributed by atoms with Gasteiger partial charge in [-0.1, -0.05) is 12.1 Å². The highest BCUT2D eigenvalue weighted by molar-refractivity contribution is 6.12. The van der Waals surface area contributed by atoms with E-state index < -0.39 is 18.1 Å². The number of allylic oxidation sites excluding steroid dienone is 1. The van der Waals surface area contributed by atoms with Gasteiger partial charge >= 0.3 is 5.69 Å². The number of hydrogen-bond donors (Lipinski definition) is 6. The zero-order chi connectivity index (χ0) is 38.5. The van der Waals surface area contributed by atoms with E-state index in [4.69, 9.17) is 22.2 Å². The van der Waals surface area contributed by atoms with E-state index in [0.717, 1.165) is 49.6 Å². The van der Waals surface area contributed by atoms with E-state index in [1.807, 2.05) is 18.2 Å². The molecule has 4 aromatic rings. The molecule has 0 saturated heterocycles. The van der Waals surface area contributed by atoms with Gasteiger partial charge in [0.2, 0.25) is 5.91 Å². The van der Waals surface area contributed by atoms with Gasteiger partial charge in [-0.3, -0.25) is 23.7 Å². The number of benzene rings is 1. The van der Waals surface area contributed by atoms with E-state index >= 15 is 0 Å². The number of rotatable bonds is 21. The van der Waals surface area contributed by atoms with Gasteiger partial charge in [-0.2, -0.15) is 5.10 Å². The minimum absolute atomic E-state index is 0.0759. The zero-order valence-electron chi connectivity index (χ0n) is 30.6. The fourth-order valence-corrected chi connectivity index (χ4v) is 6.29. The lowest BCUT2D eigenvalue weighted by molar-refractivity contribution is -0.124. The summed E-state index contributed by atoms with van der Waals surface area (Å²) in [5.74, 6) is -0.831. The van der Waals surface area contributed by atoms with Crippen molar-refractivity contribution >= 4 is 52.3 Å². The number of nitrogens with zero attached hydrogens (tertiary/aromatic N) is 6. The number of anilines is 1. The third kappa shape index (κ3) is 9.72. The highest BCUT2D eigenvalue weighted by Crippen LogP contribution is 2.25. The summed E-state index contributed by atoms with van der Waals surface area (Å²) in [7, 11) is 3.23. The lowest BCUT2D eigenvalue weighted by Gasteiger charge is -2.16. The normalized spacial score (nSPS) is 13.8. The molecule has 0 spiro atoms. The fourth-order valence-electron chi connectivity index (χ4n) is 6.29. The van der Waals surface area contributed by atoms with Crippen molar-refractivity contribution in [3.8, 4) is 0 Å². The minimum Gasteiger partial charge on any atom is -0.404 e. The molecule has 0 aliphatic rings. The summed E-state index contributed by atoms with van der Waals surface area (Å²) in [6.45, 7) is 3.17. The van der Waals surface area contributed by atoms with Crippen molar-refractivity contribution < 1.29 is 18.8 Å². The number of imidazole rings is 2. The van der Waals surface area contributed by atoms with Gasteiger partial charge in [0.05, 0.1) is 35.2 Å². The van der Waals surface area contributed by atoms with Gasteiger partial charge < -0.3 is 37.9 Å². The number of carbonyl (C=O) groups is 3. The van der Waals surface area contributed by atoms with Crippen molar-refractivity contribution in [3.63, 3.8) is 0 Å². The number of fused-ring (bicyclic) bond motifs is 2. The Balaban J connectivity index is 1.32. The van der Waals surface area contributed by atoms with E-state index in [9.17, 15) is 23.6 Å². The van der Waals surface area contributed by atoms with Gasteiger partial charge in [-0.05, 0) is 76.7 Å². The first kappa shape index (κ1) is 40.4. The second-order valence-electron chi connectivity index (χ2n) is 12.8. The second-order valence-corrected chi connectivity index (χ2v) is 12.8. The molecule has 1 aromatic carbocycles. The average Bonchev–Trinajstić information content (AvgIpc) is 3.70. The van der Waals surface area contributed by atoms with Gasteiger partial charge in [0.1, 0.15) is 18.5 Å². The number of carbonyl (C=O) groups excluding carboxylic acids is 3. The third-order valence-electron chi connectivity index (χ3n) is 9.07. The van der Waals surface area contributed by atoms with Gasteiger partial charge in [0.15, 0.2) is 11.3 Å². The van der Waals surface area contributed by atoms with Crippen LogP contribution in [-0.4, -0.2) is 93.5 Å². The number of alkyl halides is 1. The van der Waals surface area contributed by atoms with Crippen LogP contribution in [0.1, 0.15) is 73.1 Å². The Morgan fingerprint density at radius 3 is 2.62 bits per heavy atom. The number of halogens is 1. The molecule has 0 saturated carbocycles. The molecule has 0 radical (unpaired) electrons. The van der Waals surface area contributed by atoms with E-state index in [-0.39, 0.29) is 54.1 Å². The number of nitrogen functional groups attached to an aromatic ring is 1. The third-order valence-corrected chi connectivity index (χ3v) is 9.07. The van der Waals surface area contributed by atoms with Crippen LogP contribution in [0.25, 0.3) is 22.3 Å². The molecule has 16 nitrogen and oxygen atoms in total. The first-order valence-corrected chi connectivity index (χ1v) is 17.8. The number of aldehydes is 1. The van der Waals surface area contributed by atoms with Gasteiger partial charge in [-0.25, -0.2) is 18.7 Å². The zero-order valence-corrected chi connectivity index (χ0v) is 30.6. The van der Waals surface area contributed by atoms with Crippen molar-refractivity contribution in [2.45, 2.75) is 70.1 Å². The quantitative estimate of drug-likeness (QED) is 0.0409. The molecule has 2 amide bonds. The van der Waals surface area contributed by atoms with E-state index in [0.29, 0.717) is 36.2 Å². The topological polar surface area (TPSA) is 235 Å². The van der Waals surface area contributed by atoms with Crippen molar-refractivity contribution in [2.24, 2.45) is 23.5 Å². The van der Waals surface area contributed by atoms with Crippen LogP contribution in [-0.2, 0) is 23.1 Å². The average molecular weight is 735 g/mol. The lowest BCUT2D eigenvalue weighted by Crippen LogP contribution is -2.36. The molecular weight excluding hydrogens is 683 g/mol. The van der Waals surface area contributed by atoms with Gasteiger partial charge in [-0.15, -0.1) is 0 Å². The Bertz CT molecular complexity index is 2000. The van der Waals surface area contributed by atoms with Gasteiger partial charge in [0, 0.05) is 50.6 Å². The number of nitrogens with one attached hydrogen (secondary N) is 3. The summed E-state index contributed by atoms with van der Waals surface area (Å²) in [6.07, 6.45) is 9.73. The predicted octanol–water partition coefficient (Wildman–Crippen LogP) is 1.41. The molecule has 4 rings (SSSR count). The Hall–Kier alpha value is -5.42. The number of aliphatic imine (C=N–C) groups is 1. The number of unbranched alkanes of at least 4 members (excludes halogenated alkanes) is 1. The molecule has 53 heavy (non-hydrogen) atoms. The van der Waals surface area contributed by atoms with Crippen LogP contribution in [0.3, 0.4) is 0 Å². The Kier molecular flexibility index (Phi) is 14.8. The van der Waals surface area contributed by atoms with Crippen molar-refractivity contribution in [1.82, 2.24) is 39.7 Å². The van der Waals surface area contributed by atoms with Crippen LogP contribution >= 0.6 is 0 Å². The molecule has 0 aliphatic heterocycles. The largest absolute Gasteiger partial charge is 0.404 e. The van der Waals surface area contributed by atoms with Crippen molar-refractivity contribution in [1.29, 1.82) is 0 Å². The Morgan fingerprint density at radius 2 is 1.92 bits per heavy atom. The predicted molar refractivity (Wildman–Crippen MR) is 204 cm³/mol. The van der Waals surface area contributed by atoms with Crippen molar-refractivity contribution in [3.05, 3.63) is 64.1 Å². The van der Waals surface area contributed by atoms with Crippen LogP contribution < -0.4 is 38.8 Å². The molecule has 3 unspecified atom stereocenters. The van der Waals surface area contributed by atoms with Crippen LogP contribution in [0.2, 0.25) is 0 Å². The van der Waals surface area contributed by atoms with Crippen LogP contribution in [0.4, 0.5) is 10.1 Å². The number of para-hydroxylation sites is 1. The molecule has 0 aliphatic carbocycles. The number of amides is 2. The number of aromatic nitrogens is 5. The molecule has 3 atom stereocenters. The Labute approximate surface area is 307 Å². The molecule has 3 aromatic heterocycles. The SMILES string of the molecule is CNC(=O)C(CCC=O)n1c(=O)n(C)c2c(CCCCNCCC(CCN)N=C/C(=C\N)c3cnn4c(C(=O)NCC(C)F)cnc4c3N)cccc21. The number of hydrogen-bond acceptors (Lipinski definition) is 11. The Morgan fingerprint density at radius 1 is 1.13 bits per heavy atom. The molecule has 9 N–H and O–H groups in total. The summed E-state index contributed by atoms with van der Waals surface area (Å²) in [4.78, 5) is 58.5. The summed E-state index contributed by atoms with van der Waals surface area (Å²) in [6, 6.07) is 4.89. The molecule has 3 heterocycles. The molecular formula is C36H51FN12O4. The summed E-state index contributed by atoms with van der Waals surface area (Å²) >= 11 is 0. The van der Waals surface area contributed by atoms with Crippen LogP contribution in [0.5, 0.6) is 0 Å². The first-order valence-electron chi connectivity index (χ1n) is 17.8. The smallest absolute Gasteiger partial charge is 0.329 e. The number of nitrogens with two attached hydrogens (primary N) is 3.